The van der Waals surface area contributed by atoms with Crippen LogP contribution in [-0.4, -0.2) is 22.9 Å². The molecule has 1 saturated heterocycles. The van der Waals surface area contributed by atoms with E-state index in [0.29, 0.717) is 0 Å². The second-order valence-electron chi connectivity index (χ2n) is 7.54. The second kappa shape index (κ2) is 5.54. The molecule has 0 radical (unpaired) electrons. The van der Waals surface area contributed by atoms with Crippen molar-refractivity contribution in [3.63, 3.8) is 0 Å². The second-order valence-corrected chi connectivity index (χ2v) is 7.54. The van der Waals surface area contributed by atoms with Crippen LogP contribution in [0.15, 0.2) is 36.4 Å². The van der Waals surface area contributed by atoms with Gasteiger partial charge in [-0.25, -0.2) is 0 Å². The Balaban J connectivity index is 1.84. The third-order valence-electron chi connectivity index (χ3n) is 5.23. The Morgan fingerprint density at radius 1 is 0.913 bits per heavy atom. The van der Waals surface area contributed by atoms with Gasteiger partial charge in [-0.2, -0.15) is 0 Å². The van der Waals surface area contributed by atoms with Crippen LogP contribution in [0.1, 0.15) is 44.6 Å². The van der Waals surface area contributed by atoms with E-state index in [1.807, 2.05) is 0 Å². The standard InChI is InChI=1S/C19H26BNO2/c1-14-10-11-15(2)21(14)13-16-8-7-9-17(12-16)20-22-18(3,4)19(5,6)23-20/h7-12H,13H2,1-6H3. The molecule has 2 heterocycles. The average Bonchev–Trinajstić information content (AvgIpc) is 2.89. The number of rotatable bonds is 3. The van der Waals surface area contributed by atoms with E-state index in [0.717, 1.165) is 12.0 Å². The summed E-state index contributed by atoms with van der Waals surface area (Å²) in [6.07, 6.45) is 0. The third kappa shape index (κ3) is 2.98. The van der Waals surface area contributed by atoms with E-state index in [-0.39, 0.29) is 18.3 Å². The molecule has 23 heavy (non-hydrogen) atoms. The molecule has 0 bridgehead atoms. The highest BCUT2D eigenvalue weighted by Crippen LogP contribution is 2.36. The molecule has 3 rings (SSSR count). The molecule has 0 aliphatic carbocycles. The van der Waals surface area contributed by atoms with Crippen LogP contribution >= 0.6 is 0 Å². The van der Waals surface area contributed by atoms with Crippen molar-refractivity contribution in [1.29, 1.82) is 0 Å². The first kappa shape index (κ1) is 16.3. The van der Waals surface area contributed by atoms with Crippen LogP contribution in [0.3, 0.4) is 0 Å². The normalized spacial score (nSPS) is 19.3. The number of aryl methyl sites for hydroxylation is 2. The highest BCUT2D eigenvalue weighted by molar-refractivity contribution is 6.62. The lowest BCUT2D eigenvalue weighted by Gasteiger charge is -2.32. The zero-order valence-corrected chi connectivity index (χ0v) is 15.0. The number of aromatic nitrogens is 1. The van der Waals surface area contributed by atoms with E-state index in [1.54, 1.807) is 0 Å². The zero-order valence-electron chi connectivity index (χ0n) is 15.0. The van der Waals surface area contributed by atoms with Crippen LogP contribution in [0.5, 0.6) is 0 Å². The van der Waals surface area contributed by atoms with E-state index in [9.17, 15) is 0 Å². The molecule has 0 amide bonds. The van der Waals surface area contributed by atoms with E-state index >= 15 is 0 Å². The fourth-order valence-electron chi connectivity index (χ4n) is 2.95. The first-order chi connectivity index (χ1) is 10.7. The molecular formula is C19H26BNO2. The van der Waals surface area contributed by atoms with E-state index < -0.39 is 0 Å². The van der Waals surface area contributed by atoms with Crippen LogP contribution < -0.4 is 5.46 Å². The number of nitrogens with zero attached hydrogens (tertiary/aromatic N) is 1. The van der Waals surface area contributed by atoms with Gasteiger partial charge in [-0.1, -0.05) is 24.3 Å². The number of hydrogen-bond donors (Lipinski definition) is 0. The Hall–Kier alpha value is -1.52. The van der Waals surface area contributed by atoms with Crippen LogP contribution in [0.25, 0.3) is 0 Å². The maximum Gasteiger partial charge on any atom is 0.494 e. The monoisotopic (exact) mass is 311 g/mol. The van der Waals surface area contributed by atoms with Gasteiger partial charge in [0.25, 0.3) is 0 Å². The molecule has 1 fully saturated rings. The number of hydrogen-bond acceptors (Lipinski definition) is 2. The minimum atomic E-state index is -0.304. The van der Waals surface area contributed by atoms with Gasteiger partial charge in [0.1, 0.15) is 0 Å². The maximum absolute atomic E-state index is 6.16. The number of benzene rings is 1. The summed E-state index contributed by atoms with van der Waals surface area (Å²) in [4.78, 5) is 0. The summed E-state index contributed by atoms with van der Waals surface area (Å²) in [7, 11) is -0.299. The fourth-order valence-corrected chi connectivity index (χ4v) is 2.95. The van der Waals surface area contributed by atoms with Crippen molar-refractivity contribution in [3.8, 4) is 0 Å². The lowest BCUT2D eigenvalue weighted by Crippen LogP contribution is -2.41. The summed E-state index contributed by atoms with van der Waals surface area (Å²) in [6, 6.07) is 12.8. The van der Waals surface area contributed by atoms with Crippen molar-refractivity contribution in [2.45, 2.75) is 59.3 Å². The Kier molecular flexibility index (Phi) is 3.93. The van der Waals surface area contributed by atoms with Gasteiger partial charge in [-0.05, 0) is 64.7 Å². The lowest BCUT2D eigenvalue weighted by molar-refractivity contribution is 0.00578. The van der Waals surface area contributed by atoms with Crippen LogP contribution in [0, 0.1) is 13.8 Å². The molecule has 1 aromatic carbocycles. The molecule has 122 valence electrons. The maximum atomic E-state index is 6.16. The highest BCUT2D eigenvalue weighted by Gasteiger charge is 2.51. The molecule has 0 unspecified atom stereocenters. The molecule has 1 aromatic heterocycles. The topological polar surface area (TPSA) is 23.4 Å². The Bertz CT molecular complexity index is 682. The van der Waals surface area contributed by atoms with Gasteiger partial charge >= 0.3 is 7.12 Å². The van der Waals surface area contributed by atoms with Crippen molar-refractivity contribution < 1.29 is 9.31 Å². The van der Waals surface area contributed by atoms with Gasteiger partial charge in [0.05, 0.1) is 11.2 Å². The first-order valence-electron chi connectivity index (χ1n) is 8.27. The summed E-state index contributed by atoms with van der Waals surface area (Å²) in [5.74, 6) is 0. The van der Waals surface area contributed by atoms with Crippen LogP contribution in [0.2, 0.25) is 0 Å². The highest BCUT2D eigenvalue weighted by atomic mass is 16.7. The molecule has 1 aliphatic rings. The molecule has 3 nitrogen and oxygen atoms in total. The molecule has 0 spiro atoms. The smallest absolute Gasteiger partial charge is 0.399 e. The quantitative estimate of drug-likeness (QED) is 0.811. The summed E-state index contributed by atoms with van der Waals surface area (Å²) in [6.45, 7) is 13.5. The predicted molar refractivity (Wildman–Crippen MR) is 95.2 cm³/mol. The summed E-state index contributed by atoms with van der Waals surface area (Å²) in [5.41, 5.74) is 4.30. The predicted octanol–water partition coefficient (Wildman–Crippen LogP) is 3.45. The van der Waals surface area contributed by atoms with E-state index in [4.69, 9.17) is 9.31 Å². The molecule has 0 N–H and O–H groups in total. The lowest BCUT2D eigenvalue weighted by atomic mass is 9.78. The summed E-state index contributed by atoms with van der Waals surface area (Å²) in [5, 5.41) is 0. The van der Waals surface area contributed by atoms with Crippen LogP contribution in [-0.2, 0) is 15.9 Å². The minimum Gasteiger partial charge on any atom is -0.399 e. The Morgan fingerprint density at radius 3 is 2.04 bits per heavy atom. The van der Waals surface area contributed by atoms with Crippen molar-refractivity contribution in [2.24, 2.45) is 0 Å². The average molecular weight is 311 g/mol. The molecule has 0 atom stereocenters. The third-order valence-corrected chi connectivity index (χ3v) is 5.23. The van der Waals surface area contributed by atoms with Gasteiger partial charge in [-0.15, -0.1) is 0 Å². The Morgan fingerprint density at radius 2 is 1.48 bits per heavy atom. The van der Waals surface area contributed by atoms with E-state index in [2.05, 4.69) is 82.5 Å². The first-order valence-corrected chi connectivity index (χ1v) is 8.27. The Labute approximate surface area is 139 Å². The minimum absolute atomic E-state index is 0.299. The molecule has 4 heteroatoms. The van der Waals surface area contributed by atoms with Crippen molar-refractivity contribution >= 4 is 12.6 Å². The van der Waals surface area contributed by atoms with Gasteiger partial charge in [0.2, 0.25) is 0 Å². The molecular weight excluding hydrogens is 285 g/mol. The van der Waals surface area contributed by atoms with Crippen molar-refractivity contribution in [2.75, 3.05) is 0 Å². The SMILES string of the molecule is Cc1ccc(C)n1Cc1cccc(B2OC(C)(C)C(C)(C)O2)c1. The molecule has 0 saturated carbocycles. The fraction of sp³-hybridized carbons (Fsp3) is 0.474. The van der Waals surface area contributed by atoms with Crippen molar-refractivity contribution in [3.05, 3.63) is 53.3 Å². The van der Waals surface area contributed by atoms with Gasteiger partial charge in [-0.3, -0.25) is 0 Å². The van der Waals surface area contributed by atoms with Gasteiger partial charge in [0.15, 0.2) is 0 Å². The largest absolute Gasteiger partial charge is 0.494 e. The van der Waals surface area contributed by atoms with Crippen LogP contribution in [0.4, 0.5) is 0 Å². The molecule has 2 aromatic rings. The van der Waals surface area contributed by atoms with E-state index in [1.165, 1.54) is 17.0 Å². The summed E-state index contributed by atoms with van der Waals surface area (Å²) >= 11 is 0. The zero-order chi connectivity index (χ0) is 16.8. The molecule has 1 aliphatic heterocycles. The van der Waals surface area contributed by atoms with Gasteiger partial charge in [0, 0.05) is 17.9 Å². The van der Waals surface area contributed by atoms with Crippen molar-refractivity contribution in [1.82, 2.24) is 4.57 Å². The summed E-state index contributed by atoms with van der Waals surface area (Å²) < 4.78 is 14.6. The van der Waals surface area contributed by atoms with Gasteiger partial charge < -0.3 is 13.9 Å².